The molecule has 0 aliphatic carbocycles. The van der Waals surface area contributed by atoms with Crippen molar-refractivity contribution in [2.75, 3.05) is 38.7 Å². The molecular weight excluding hydrogens is 339 g/mol. The monoisotopic (exact) mass is 360 g/mol. The van der Waals surface area contributed by atoms with Crippen LogP contribution in [-0.4, -0.2) is 60.7 Å². The lowest BCUT2D eigenvalue weighted by molar-refractivity contribution is -0.132. The van der Waals surface area contributed by atoms with E-state index in [1.165, 1.54) is 24.3 Å². The zero-order valence-electron chi connectivity index (χ0n) is 14.8. The SMILES string of the molecule is CN(C)c1cncc(OC2CCN(C(=O)COc3ccc(F)cc3)C2)n1. The summed E-state index contributed by atoms with van der Waals surface area (Å²) in [7, 11) is 3.76. The number of nitrogens with zero attached hydrogens (tertiary/aromatic N) is 4. The summed E-state index contributed by atoms with van der Waals surface area (Å²) < 4.78 is 24.1. The van der Waals surface area contributed by atoms with Gasteiger partial charge in [-0.25, -0.2) is 4.39 Å². The summed E-state index contributed by atoms with van der Waals surface area (Å²) in [6.07, 6.45) is 3.81. The van der Waals surface area contributed by atoms with Gasteiger partial charge in [-0.2, -0.15) is 4.98 Å². The minimum atomic E-state index is -0.343. The molecule has 1 saturated heterocycles. The molecule has 1 aromatic carbocycles. The third kappa shape index (κ3) is 4.59. The Hall–Kier alpha value is -2.90. The summed E-state index contributed by atoms with van der Waals surface area (Å²) in [4.78, 5) is 24.3. The molecule has 0 spiro atoms. The Balaban J connectivity index is 1.49. The highest BCUT2D eigenvalue weighted by Gasteiger charge is 2.28. The number of amides is 1. The number of likely N-dealkylation sites (tertiary alicyclic amines) is 1. The topological polar surface area (TPSA) is 67.8 Å². The molecule has 0 saturated carbocycles. The zero-order valence-corrected chi connectivity index (χ0v) is 14.8. The van der Waals surface area contributed by atoms with Gasteiger partial charge in [-0.15, -0.1) is 0 Å². The van der Waals surface area contributed by atoms with Gasteiger partial charge in [0.25, 0.3) is 5.91 Å². The molecule has 1 amide bonds. The van der Waals surface area contributed by atoms with E-state index in [9.17, 15) is 9.18 Å². The zero-order chi connectivity index (χ0) is 18.5. The first-order valence-corrected chi connectivity index (χ1v) is 8.33. The van der Waals surface area contributed by atoms with Gasteiger partial charge in [0.15, 0.2) is 12.4 Å². The van der Waals surface area contributed by atoms with Crippen molar-refractivity contribution in [1.82, 2.24) is 14.9 Å². The second-order valence-electron chi connectivity index (χ2n) is 6.22. The van der Waals surface area contributed by atoms with Gasteiger partial charge in [0.05, 0.1) is 18.9 Å². The molecule has 2 heterocycles. The number of carbonyl (C=O) groups is 1. The molecule has 1 atom stereocenters. The van der Waals surface area contributed by atoms with Crippen LogP contribution in [0.3, 0.4) is 0 Å². The van der Waals surface area contributed by atoms with Crippen LogP contribution in [0.25, 0.3) is 0 Å². The van der Waals surface area contributed by atoms with E-state index in [0.29, 0.717) is 30.5 Å². The molecule has 2 aromatic rings. The van der Waals surface area contributed by atoms with Gasteiger partial charge in [0.1, 0.15) is 17.7 Å². The summed E-state index contributed by atoms with van der Waals surface area (Å²) in [6.45, 7) is 0.977. The predicted molar refractivity (Wildman–Crippen MR) is 93.9 cm³/mol. The van der Waals surface area contributed by atoms with Crippen LogP contribution in [0.5, 0.6) is 11.6 Å². The molecule has 1 unspecified atom stereocenters. The average molecular weight is 360 g/mol. The number of anilines is 1. The lowest BCUT2D eigenvalue weighted by Crippen LogP contribution is -2.34. The Morgan fingerprint density at radius 2 is 2.08 bits per heavy atom. The molecule has 1 aliphatic heterocycles. The van der Waals surface area contributed by atoms with Gasteiger partial charge in [0, 0.05) is 27.1 Å². The first-order valence-electron chi connectivity index (χ1n) is 8.33. The normalized spacial score (nSPS) is 16.4. The van der Waals surface area contributed by atoms with Crippen LogP contribution in [-0.2, 0) is 4.79 Å². The summed E-state index contributed by atoms with van der Waals surface area (Å²) in [5.74, 6) is 1.14. The Kier molecular flexibility index (Phi) is 5.50. The minimum Gasteiger partial charge on any atom is -0.484 e. The van der Waals surface area contributed by atoms with Crippen molar-refractivity contribution in [3.8, 4) is 11.6 Å². The molecule has 0 radical (unpaired) electrons. The Morgan fingerprint density at radius 1 is 1.31 bits per heavy atom. The van der Waals surface area contributed by atoms with E-state index >= 15 is 0 Å². The van der Waals surface area contributed by atoms with E-state index in [1.54, 1.807) is 17.3 Å². The number of hydrogen-bond donors (Lipinski definition) is 0. The highest BCUT2D eigenvalue weighted by molar-refractivity contribution is 5.78. The quantitative estimate of drug-likeness (QED) is 0.782. The molecule has 1 aliphatic rings. The fraction of sp³-hybridized carbons (Fsp3) is 0.389. The summed E-state index contributed by atoms with van der Waals surface area (Å²) >= 11 is 0. The van der Waals surface area contributed by atoms with Crippen LogP contribution in [0.1, 0.15) is 6.42 Å². The highest BCUT2D eigenvalue weighted by Crippen LogP contribution is 2.18. The van der Waals surface area contributed by atoms with Gasteiger partial charge in [-0.3, -0.25) is 9.78 Å². The van der Waals surface area contributed by atoms with Crippen molar-refractivity contribution >= 4 is 11.7 Å². The van der Waals surface area contributed by atoms with Gasteiger partial charge < -0.3 is 19.3 Å². The van der Waals surface area contributed by atoms with Gasteiger partial charge in [0.2, 0.25) is 5.88 Å². The standard InChI is InChI=1S/C18H21FN4O3/c1-22(2)16-9-20-10-17(21-16)26-15-7-8-23(11-15)18(24)12-25-14-5-3-13(19)4-6-14/h3-6,9-10,15H,7-8,11-12H2,1-2H3. The number of hydrogen-bond acceptors (Lipinski definition) is 6. The number of rotatable bonds is 6. The molecule has 1 aromatic heterocycles. The number of halogens is 1. The molecule has 8 heteroatoms. The minimum absolute atomic E-state index is 0.0890. The summed E-state index contributed by atoms with van der Waals surface area (Å²) in [6, 6.07) is 5.58. The Morgan fingerprint density at radius 3 is 2.81 bits per heavy atom. The van der Waals surface area contributed by atoms with Crippen LogP contribution in [0.4, 0.5) is 10.2 Å². The Labute approximate surface area is 151 Å². The predicted octanol–water partition coefficient (Wildman–Crippen LogP) is 1.74. The van der Waals surface area contributed by atoms with Crippen molar-refractivity contribution in [3.05, 3.63) is 42.5 Å². The molecule has 138 valence electrons. The maximum Gasteiger partial charge on any atom is 0.260 e. The van der Waals surface area contributed by atoms with Crippen LogP contribution in [0.2, 0.25) is 0 Å². The molecule has 26 heavy (non-hydrogen) atoms. The third-order valence-corrected chi connectivity index (χ3v) is 4.02. The van der Waals surface area contributed by atoms with E-state index < -0.39 is 0 Å². The molecule has 7 nitrogen and oxygen atoms in total. The summed E-state index contributed by atoms with van der Waals surface area (Å²) in [5.41, 5.74) is 0. The van der Waals surface area contributed by atoms with Crippen LogP contribution < -0.4 is 14.4 Å². The van der Waals surface area contributed by atoms with E-state index in [0.717, 1.165) is 6.42 Å². The Bertz CT molecular complexity index is 754. The number of aromatic nitrogens is 2. The largest absolute Gasteiger partial charge is 0.484 e. The lowest BCUT2D eigenvalue weighted by atomic mass is 10.3. The van der Waals surface area contributed by atoms with Crippen molar-refractivity contribution < 1.29 is 18.7 Å². The van der Waals surface area contributed by atoms with Crippen molar-refractivity contribution in [3.63, 3.8) is 0 Å². The first-order chi connectivity index (χ1) is 12.5. The fourth-order valence-electron chi connectivity index (χ4n) is 2.60. The van der Waals surface area contributed by atoms with Crippen molar-refractivity contribution in [2.24, 2.45) is 0 Å². The van der Waals surface area contributed by atoms with E-state index in [2.05, 4.69) is 9.97 Å². The smallest absolute Gasteiger partial charge is 0.260 e. The number of benzene rings is 1. The maximum atomic E-state index is 12.9. The van der Waals surface area contributed by atoms with Gasteiger partial charge in [-0.1, -0.05) is 0 Å². The lowest BCUT2D eigenvalue weighted by Gasteiger charge is -2.18. The highest BCUT2D eigenvalue weighted by atomic mass is 19.1. The fourth-order valence-corrected chi connectivity index (χ4v) is 2.60. The van der Waals surface area contributed by atoms with Gasteiger partial charge >= 0.3 is 0 Å². The molecule has 0 N–H and O–H groups in total. The van der Waals surface area contributed by atoms with Crippen molar-refractivity contribution in [1.29, 1.82) is 0 Å². The second kappa shape index (κ2) is 7.99. The summed E-state index contributed by atoms with van der Waals surface area (Å²) in [5, 5.41) is 0. The number of carbonyl (C=O) groups excluding carboxylic acids is 1. The molecule has 1 fully saturated rings. The maximum absolute atomic E-state index is 12.9. The van der Waals surface area contributed by atoms with Crippen LogP contribution in [0.15, 0.2) is 36.7 Å². The van der Waals surface area contributed by atoms with Crippen LogP contribution in [0, 0.1) is 5.82 Å². The molecule has 0 bridgehead atoms. The number of ether oxygens (including phenoxy) is 2. The van der Waals surface area contributed by atoms with E-state index in [4.69, 9.17) is 9.47 Å². The first kappa shape index (κ1) is 17.9. The van der Waals surface area contributed by atoms with Crippen molar-refractivity contribution in [2.45, 2.75) is 12.5 Å². The molecule has 3 rings (SSSR count). The van der Waals surface area contributed by atoms with Gasteiger partial charge in [-0.05, 0) is 24.3 Å². The van der Waals surface area contributed by atoms with Crippen LogP contribution >= 0.6 is 0 Å². The third-order valence-electron chi connectivity index (χ3n) is 4.02. The van der Waals surface area contributed by atoms with E-state index in [1.807, 2.05) is 19.0 Å². The average Bonchev–Trinajstić information content (AvgIpc) is 3.10. The van der Waals surface area contributed by atoms with E-state index in [-0.39, 0.29) is 24.4 Å². The molecular formula is C18H21FN4O3. The second-order valence-corrected chi connectivity index (χ2v) is 6.22.